The van der Waals surface area contributed by atoms with Crippen LogP contribution in [0.15, 0.2) is 30.5 Å². The number of carbonyl (C=O) groups is 1. The highest BCUT2D eigenvalue weighted by Gasteiger charge is 2.33. The van der Waals surface area contributed by atoms with Crippen molar-refractivity contribution in [2.45, 2.75) is 25.9 Å². The van der Waals surface area contributed by atoms with E-state index in [1.165, 1.54) is 18.3 Å². The highest BCUT2D eigenvalue weighted by molar-refractivity contribution is 5.92. The predicted octanol–water partition coefficient (Wildman–Crippen LogP) is 3.34. The van der Waals surface area contributed by atoms with Crippen LogP contribution < -0.4 is 10.2 Å². The molecule has 0 spiro atoms. The first-order valence-corrected chi connectivity index (χ1v) is 10.1. The minimum Gasteiger partial charge on any atom is -0.356 e. The van der Waals surface area contributed by atoms with Crippen LogP contribution in [0.25, 0.3) is 10.9 Å². The molecule has 3 aromatic rings. The van der Waals surface area contributed by atoms with Gasteiger partial charge in [-0.3, -0.25) is 9.48 Å². The Labute approximate surface area is 177 Å². The van der Waals surface area contributed by atoms with Crippen molar-refractivity contribution in [3.63, 3.8) is 0 Å². The first-order chi connectivity index (χ1) is 14.7. The number of amides is 1. The van der Waals surface area contributed by atoms with Crippen molar-refractivity contribution in [3.8, 4) is 0 Å². The number of nitrogens with zero attached hydrogens (tertiary/aromatic N) is 5. The van der Waals surface area contributed by atoms with E-state index in [-0.39, 0.29) is 11.4 Å². The number of nitrogens with one attached hydrogen (secondary N) is 1. The molecule has 0 atom stereocenters. The number of hydrogen-bond acceptors (Lipinski definition) is 5. The molecule has 0 saturated carbocycles. The smallest absolute Gasteiger partial charge is 0.356 e. The van der Waals surface area contributed by atoms with E-state index in [1.807, 2.05) is 6.92 Å². The summed E-state index contributed by atoms with van der Waals surface area (Å²) in [5, 5.41) is 7.74. The Balaban J connectivity index is 1.38. The van der Waals surface area contributed by atoms with Gasteiger partial charge in [0.25, 0.3) is 5.91 Å². The second-order valence-corrected chi connectivity index (χ2v) is 7.83. The van der Waals surface area contributed by atoms with Crippen LogP contribution in [0.2, 0.25) is 0 Å². The summed E-state index contributed by atoms with van der Waals surface area (Å²) in [5.41, 5.74) is 0.690. The molecule has 164 valence electrons. The van der Waals surface area contributed by atoms with Gasteiger partial charge in [0, 0.05) is 44.0 Å². The number of anilines is 1. The minimum absolute atomic E-state index is 0.187. The van der Waals surface area contributed by atoms with E-state index in [1.54, 1.807) is 17.8 Å². The second kappa shape index (κ2) is 8.16. The molecule has 1 saturated heterocycles. The van der Waals surface area contributed by atoms with E-state index in [2.05, 4.69) is 25.3 Å². The highest BCUT2D eigenvalue weighted by atomic mass is 19.4. The summed E-state index contributed by atoms with van der Waals surface area (Å²) in [7, 11) is 1.79. The van der Waals surface area contributed by atoms with Crippen molar-refractivity contribution in [3.05, 3.63) is 47.5 Å². The van der Waals surface area contributed by atoms with E-state index in [0.717, 1.165) is 24.6 Å². The monoisotopic (exact) mass is 432 g/mol. The first kappa shape index (κ1) is 21.1. The number of halogens is 3. The summed E-state index contributed by atoms with van der Waals surface area (Å²) in [4.78, 5) is 22.5. The molecule has 0 radical (unpaired) electrons. The fourth-order valence-electron chi connectivity index (χ4n) is 3.80. The van der Waals surface area contributed by atoms with Crippen molar-refractivity contribution < 1.29 is 18.0 Å². The standard InChI is InChI=1S/C21H23F3N6O/c1-13-11-17(28-29(13)2)20(31)26-12-14-6-9-30(10-7-14)19-15-3-4-18(21(22,23)24)27-16(15)5-8-25-19/h3-5,8,11,14H,6-7,9-10,12H2,1-2H3,(H,26,31). The molecular weight excluding hydrogens is 409 g/mol. The molecule has 0 aromatic carbocycles. The lowest BCUT2D eigenvalue weighted by atomic mass is 9.96. The zero-order valence-corrected chi connectivity index (χ0v) is 17.3. The number of carbonyl (C=O) groups excluding carboxylic acids is 1. The van der Waals surface area contributed by atoms with Gasteiger partial charge in [0.15, 0.2) is 0 Å². The molecule has 31 heavy (non-hydrogen) atoms. The fraction of sp³-hybridized carbons (Fsp3) is 0.429. The summed E-state index contributed by atoms with van der Waals surface area (Å²) in [6.45, 7) is 3.86. The number of rotatable bonds is 4. The van der Waals surface area contributed by atoms with Gasteiger partial charge in [-0.25, -0.2) is 9.97 Å². The number of aromatic nitrogens is 4. The van der Waals surface area contributed by atoms with Gasteiger partial charge >= 0.3 is 6.18 Å². The van der Waals surface area contributed by atoms with Crippen LogP contribution in [0.4, 0.5) is 19.0 Å². The predicted molar refractivity (Wildman–Crippen MR) is 110 cm³/mol. The zero-order valence-electron chi connectivity index (χ0n) is 17.3. The Bertz CT molecular complexity index is 1080. The summed E-state index contributed by atoms with van der Waals surface area (Å²) < 4.78 is 40.5. The van der Waals surface area contributed by atoms with E-state index < -0.39 is 11.9 Å². The van der Waals surface area contributed by atoms with Crippen LogP contribution in [0.5, 0.6) is 0 Å². The van der Waals surface area contributed by atoms with E-state index >= 15 is 0 Å². The van der Waals surface area contributed by atoms with Crippen LogP contribution in [-0.2, 0) is 13.2 Å². The molecule has 0 unspecified atom stereocenters. The highest BCUT2D eigenvalue weighted by Crippen LogP contribution is 2.32. The molecule has 4 rings (SSSR count). The topological polar surface area (TPSA) is 75.9 Å². The number of pyridine rings is 2. The third-order valence-electron chi connectivity index (χ3n) is 5.70. The molecule has 0 bridgehead atoms. The van der Waals surface area contributed by atoms with E-state index in [4.69, 9.17) is 0 Å². The first-order valence-electron chi connectivity index (χ1n) is 10.1. The van der Waals surface area contributed by atoms with Gasteiger partial charge < -0.3 is 10.2 Å². The summed E-state index contributed by atoms with van der Waals surface area (Å²) in [5.74, 6) is 0.772. The largest absolute Gasteiger partial charge is 0.433 e. The number of fused-ring (bicyclic) bond motifs is 1. The van der Waals surface area contributed by atoms with Crippen molar-refractivity contribution >= 4 is 22.6 Å². The molecule has 1 amide bonds. The van der Waals surface area contributed by atoms with Crippen LogP contribution in [0.1, 0.15) is 34.7 Å². The van der Waals surface area contributed by atoms with Gasteiger partial charge in [-0.1, -0.05) is 0 Å². The lowest BCUT2D eigenvalue weighted by molar-refractivity contribution is -0.140. The second-order valence-electron chi connectivity index (χ2n) is 7.83. The summed E-state index contributed by atoms with van der Waals surface area (Å²) in [6.07, 6.45) is -1.30. The maximum atomic E-state index is 12.9. The Morgan fingerprint density at radius 1 is 1.23 bits per heavy atom. The number of aryl methyl sites for hydroxylation is 2. The molecular formula is C21H23F3N6O. The summed E-state index contributed by atoms with van der Waals surface area (Å²) >= 11 is 0. The fourth-order valence-corrected chi connectivity index (χ4v) is 3.80. The Hall–Kier alpha value is -3.17. The third-order valence-corrected chi connectivity index (χ3v) is 5.70. The molecule has 1 aliphatic heterocycles. The summed E-state index contributed by atoms with van der Waals surface area (Å²) in [6, 6.07) is 5.68. The maximum Gasteiger partial charge on any atom is 0.433 e. The third kappa shape index (κ3) is 4.47. The minimum atomic E-state index is -4.48. The van der Waals surface area contributed by atoms with Crippen molar-refractivity contribution in [2.75, 3.05) is 24.5 Å². The van der Waals surface area contributed by atoms with Gasteiger partial charge in [-0.2, -0.15) is 18.3 Å². The zero-order chi connectivity index (χ0) is 22.2. The Kier molecular flexibility index (Phi) is 5.55. The van der Waals surface area contributed by atoms with Gasteiger partial charge in [-0.05, 0) is 49.9 Å². The molecule has 4 heterocycles. The Morgan fingerprint density at radius 3 is 2.61 bits per heavy atom. The number of hydrogen-bond donors (Lipinski definition) is 1. The quantitative estimate of drug-likeness (QED) is 0.685. The average molecular weight is 432 g/mol. The van der Waals surface area contributed by atoms with Crippen molar-refractivity contribution in [2.24, 2.45) is 13.0 Å². The van der Waals surface area contributed by atoms with Crippen LogP contribution in [0, 0.1) is 12.8 Å². The van der Waals surface area contributed by atoms with E-state index in [9.17, 15) is 18.0 Å². The SMILES string of the molecule is Cc1cc(C(=O)NCC2CCN(c3nccc4nc(C(F)(F)F)ccc34)CC2)nn1C. The Morgan fingerprint density at radius 2 is 1.97 bits per heavy atom. The normalized spacial score (nSPS) is 15.5. The van der Waals surface area contributed by atoms with Crippen molar-refractivity contribution in [1.82, 2.24) is 25.1 Å². The molecule has 1 aliphatic rings. The number of alkyl halides is 3. The maximum absolute atomic E-state index is 12.9. The molecule has 1 fully saturated rings. The van der Waals surface area contributed by atoms with Gasteiger partial charge in [0.05, 0.1) is 5.52 Å². The van der Waals surface area contributed by atoms with Gasteiger partial charge in [-0.15, -0.1) is 0 Å². The van der Waals surface area contributed by atoms with E-state index in [0.29, 0.717) is 42.5 Å². The molecule has 10 heteroatoms. The number of piperidine rings is 1. The van der Waals surface area contributed by atoms with Crippen LogP contribution >= 0.6 is 0 Å². The molecule has 3 aromatic heterocycles. The van der Waals surface area contributed by atoms with Gasteiger partial charge in [0.2, 0.25) is 0 Å². The molecule has 1 N–H and O–H groups in total. The lowest BCUT2D eigenvalue weighted by Gasteiger charge is -2.33. The molecule has 0 aliphatic carbocycles. The molecule has 7 nitrogen and oxygen atoms in total. The average Bonchev–Trinajstić information content (AvgIpc) is 3.09. The van der Waals surface area contributed by atoms with Crippen molar-refractivity contribution in [1.29, 1.82) is 0 Å². The lowest BCUT2D eigenvalue weighted by Crippen LogP contribution is -2.39. The van der Waals surface area contributed by atoms with Crippen LogP contribution in [0.3, 0.4) is 0 Å². The van der Waals surface area contributed by atoms with Crippen LogP contribution in [-0.4, -0.2) is 45.3 Å². The van der Waals surface area contributed by atoms with Gasteiger partial charge in [0.1, 0.15) is 17.2 Å².